The van der Waals surface area contributed by atoms with Gasteiger partial charge in [0, 0.05) is 22.3 Å². The lowest BCUT2D eigenvalue weighted by Crippen LogP contribution is -2.35. The lowest BCUT2D eigenvalue weighted by Gasteiger charge is -2.21. The van der Waals surface area contributed by atoms with Crippen molar-refractivity contribution in [1.82, 2.24) is 5.32 Å². The summed E-state index contributed by atoms with van der Waals surface area (Å²) in [6, 6.07) is 3.06. The topological polar surface area (TPSA) is 12.0 Å². The monoisotopic (exact) mass is 237 g/mol. The largest absolute Gasteiger partial charge is 0.309 e. The van der Waals surface area contributed by atoms with E-state index < -0.39 is 0 Å². The molecule has 90 valence electrons. The molecule has 0 saturated heterocycles. The molecule has 1 N–H and O–H groups in total. The fraction of sp³-hybridized carbons (Fsp3) is 0.714. The summed E-state index contributed by atoms with van der Waals surface area (Å²) in [5.41, 5.74) is 1.44. The Bertz CT molecular complexity index is 328. The minimum absolute atomic E-state index is 0.725. The van der Waals surface area contributed by atoms with Crippen LogP contribution in [0.4, 0.5) is 0 Å². The van der Waals surface area contributed by atoms with Gasteiger partial charge in [-0.2, -0.15) is 0 Å². The third kappa shape index (κ3) is 2.86. The van der Waals surface area contributed by atoms with Crippen molar-refractivity contribution in [3.05, 3.63) is 21.4 Å². The smallest absolute Gasteiger partial charge is 0.0302 e. The highest BCUT2D eigenvalue weighted by Crippen LogP contribution is 2.36. The van der Waals surface area contributed by atoms with Crippen molar-refractivity contribution in [2.75, 3.05) is 0 Å². The lowest BCUT2D eigenvalue weighted by atomic mass is 9.99. The molecule has 1 unspecified atom stereocenters. The van der Waals surface area contributed by atoms with E-state index in [1.54, 1.807) is 0 Å². The predicted octanol–water partition coefficient (Wildman–Crippen LogP) is 3.89. The SMILES string of the molecule is Cc1cc(CNC(C(C)C)C2CC2)sc1C. The Balaban J connectivity index is 1.90. The third-order valence-electron chi connectivity index (χ3n) is 3.58. The summed E-state index contributed by atoms with van der Waals surface area (Å²) in [5.74, 6) is 1.71. The fourth-order valence-corrected chi connectivity index (χ4v) is 3.36. The second kappa shape index (κ2) is 4.89. The lowest BCUT2D eigenvalue weighted by molar-refractivity contribution is 0.360. The van der Waals surface area contributed by atoms with Gasteiger partial charge in [-0.15, -0.1) is 11.3 Å². The normalized spacial score (nSPS) is 18.1. The van der Waals surface area contributed by atoms with Gasteiger partial charge >= 0.3 is 0 Å². The van der Waals surface area contributed by atoms with Gasteiger partial charge in [-0.1, -0.05) is 13.8 Å². The average molecular weight is 237 g/mol. The van der Waals surface area contributed by atoms with Crippen LogP contribution < -0.4 is 5.32 Å². The average Bonchev–Trinajstić information content (AvgIpc) is 2.96. The Labute approximate surface area is 103 Å². The van der Waals surface area contributed by atoms with E-state index in [2.05, 4.69) is 39.1 Å². The molecule has 1 aliphatic carbocycles. The van der Waals surface area contributed by atoms with Crippen molar-refractivity contribution >= 4 is 11.3 Å². The Kier molecular flexibility index (Phi) is 3.70. The first-order valence-electron chi connectivity index (χ1n) is 6.37. The Hall–Kier alpha value is -0.340. The summed E-state index contributed by atoms with van der Waals surface area (Å²) in [6.45, 7) is 10.1. The molecule has 1 atom stereocenters. The molecule has 1 aliphatic rings. The summed E-state index contributed by atoms with van der Waals surface area (Å²) in [6.07, 6.45) is 2.86. The molecule has 0 aromatic carbocycles. The summed E-state index contributed by atoms with van der Waals surface area (Å²) in [5, 5.41) is 3.75. The molecule has 2 rings (SSSR count). The van der Waals surface area contributed by atoms with E-state index in [1.165, 1.54) is 28.2 Å². The maximum Gasteiger partial charge on any atom is 0.0302 e. The molecular weight excluding hydrogens is 214 g/mol. The van der Waals surface area contributed by atoms with Crippen LogP contribution in [0.2, 0.25) is 0 Å². The van der Waals surface area contributed by atoms with Crippen LogP contribution in [0, 0.1) is 25.7 Å². The molecule has 1 aromatic rings. The summed E-state index contributed by atoms with van der Waals surface area (Å²) >= 11 is 1.94. The minimum Gasteiger partial charge on any atom is -0.309 e. The highest BCUT2D eigenvalue weighted by Gasteiger charge is 2.32. The second-order valence-corrected chi connectivity index (χ2v) is 6.78. The van der Waals surface area contributed by atoms with Gasteiger partial charge in [0.05, 0.1) is 0 Å². The van der Waals surface area contributed by atoms with Gasteiger partial charge in [0.15, 0.2) is 0 Å². The second-order valence-electron chi connectivity index (χ2n) is 5.44. The van der Waals surface area contributed by atoms with Crippen LogP contribution >= 0.6 is 11.3 Å². The van der Waals surface area contributed by atoms with Crippen LogP contribution in [-0.4, -0.2) is 6.04 Å². The first-order chi connectivity index (χ1) is 7.58. The van der Waals surface area contributed by atoms with E-state index in [1.807, 2.05) is 11.3 Å². The highest BCUT2D eigenvalue weighted by molar-refractivity contribution is 7.12. The number of aryl methyl sites for hydroxylation is 2. The van der Waals surface area contributed by atoms with Crippen molar-refractivity contribution in [2.24, 2.45) is 11.8 Å². The van der Waals surface area contributed by atoms with Gasteiger partial charge in [0.2, 0.25) is 0 Å². The van der Waals surface area contributed by atoms with Crippen molar-refractivity contribution in [3.63, 3.8) is 0 Å². The zero-order valence-electron chi connectivity index (χ0n) is 10.8. The van der Waals surface area contributed by atoms with Crippen LogP contribution in [0.3, 0.4) is 0 Å². The van der Waals surface area contributed by atoms with Crippen molar-refractivity contribution in [2.45, 2.75) is 53.1 Å². The molecule has 0 spiro atoms. The van der Waals surface area contributed by atoms with Crippen LogP contribution in [0.25, 0.3) is 0 Å². The minimum atomic E-state index is 0.725. The van der Waals surface area contributed by atoms with Crippen molar-refractivity contribution in [1.29, 1.82) is 0 Å². The van der Waals surface area contributed by atoms with Crippen LogP contribution in [0.15, 0.2) is 6.07 Å². The first-order valence-corrected chi connectivity index (χ1v) is 7.19. The van der Waals surface area contributed by atoms with Crippen LogP contribution in [0.5, 0.6) is 0 Å². The first kappa shape index (κ1) is 12.1. The van der Waals surface area contributed by atoms with E-state index in [9.17, 15) is 0 Å². The van der Waals surface area contributed by atoms with Gasteiger partial charge in [0.1, 0.15) is 0 Å². The van der Waals surface area contributed by atoms with E-state index in [0.717, 1.165) is 24.4 Å². The predicted molar refractivity (Wildman–Crippen MR) is 72.0 cm³/mol. The van der Waals surface area contributed by atoms with Crippen LogP contribution in [0.1, 0.15) is 42.0 Å². The number of nitrogens with one attached hydrogen (secondary N) is 1. The summed E-state index contributed by atoms with van der Waals surface area (Å²) in [7, 11) is 0. The van der Waals surface area contributed by atoms with Crippen molar-refractivity contribution in [3.8, 4) is 0 Å². The molecule has 16 heavy (non-hydrogen) atoms. The Morgan fingerprint density at radius 1 is 1.38 bits per heavy atom. The summed E-state index contributed by atoms with van der Waals surface area (Å²) < 4.78 is 0. The van der Waals surface area contributed by atoms with Gasteiger partial charge in [-0.25, -0.2) is 0 Å². The Morgan fingerprint density at radius 3 is 2.50 bits per heavy atom. The van der Waals surface area contributed by atoms with E-state index in [4.69, 9.17) is 0 Å². The molecule has 1 nitrogen and oxygen atoms in total. The molecular formula is C14H23NS. The summed E-state index contributed by atoms with van der Waals surface area (Å²) in [4.78, 5) is 2.95. The number of rotatable bonds is 5. The van der Waals surface area contributed by atoms with Gasteiger partial charge in [-0.3, -0.25) is 0 Å². The molecule has 1 aromatic heterocycles. The molecule has 0 bridgehead atoms. The number of hydrogen-bond acceptors (Lipinski definition) is 2. The van der Waals surface area contributed by atoms with E-state index in [0.29, 0.717) is 0 Å². The van der Waals surface area contributed by atoms with Crippen LogP contribution in [-0.2, 0) is 6.54 Å². The standard InChI is InChI=1S/C14H23NS/c1-9(2)14(12-5-6-12)15-8-13-7-10(3)11(4)16-13/h7,9,12,14-15H,5-6,8H2,1-4H3. The van der Waals surface area contributed by atoms with E-state index >= 15 is 0 Å². The molecule has 0 aliphatic heterocycles. The van der Waals surface area contributed by atoms with Crippen molar-refractivity contribution < 1.29 is 0 Å². The number of thiophene rings is 1. The molecule has 1 saturated carbocycles. The maximum atomic E-state index is 3.75. The zero-order valence-corrected chi connectivity index (χ0v) is 11.7. The molecule has 0 amide bonds. The van der Waals surface area contributed by atoms with Gasteiger partial charge in [-0.05, 0) is 50.2 Å². The van der Waals surface area contributed by atoms with E-state index in [-0.39, 0.29) is 0 Å². The highest BCUT2D eigenvalue weighted by atomic mass is 32.1. The fourth-order valence-electron chi connectivity index (χ4n) is 2.36. The third-order valence-corrected chi connectivity index (χ3v) is 4.73. The Morgan fingerprint density at radius 2 is 2.06 bits per heavy atom. The van der Waals surface area contributed by atoms with Gasteiger partial charge < -0.3 is 5.32 Å². The molecule has 0 radical (unpaired) electrons. The number of hydrogen-bond donors (Lipinski definition) is 1. The quantitative estimate of drug-likeness (QED) is 0.819. The molecule has 2 heteroatoms. The molecule has 1 heterocycles. The molecule has 1 fully saturated rings. The van der Waals surface area contributed by atoms with Gasteiger partial charge in [0.25, 0.3) is 0 Å². The zero-order chi connectivity index (χ0) is 11.7. The maximum absolute atomic E-state index is 3.75.